The molecule has 0 spiro atoms. The predicted octanol–water partition coefficient (Wildman–Crippen LogP) is 21.3. The van der Waals surface area contributed by atoms with Crippen molar-refractivity contribution in [2.75, 3.05) is 52.0 Å². The third-order valence-electron chi connectivity index (χ3n) is 17.2. The number of aromatic nitrogens is 3. The van der Waals surface area contributed by atoms with E-state index in [4.69, 9.17) is 60.5 Å². The van der Waals surface area contributed by atoms with Crippen LogP contribution in [0.15, 0.2) is 231 Å². The number of H-pyrrole nitrogens is 1. The van der Waals surface area contributed by atoms with E-state index >= 15 is 0 Å². The van der Waals surface area contributed by atoms with E-state index in [1.165, 1.54) is 96.1 Å². The van der Waals surface area contributed by atoms with Crippen molar-refractivity contribution in [2.45, 2.75) is 128 Å². The number of nitrogens with two attached hydrogens (primary N) is 9. The molecule has 0 aliphatic rings. The molecule has 0 aliphatic carbocycles. The molecule has 11 aromatic carbocycles. The highest BCUT2D eigenvalue weighted by Crippen LogP contribution is 2.40. The summed E-state index contributed by atoms with van der Waals surface area (Å²) in [5.41, 5.74) is 74.6. The summed E-state index contributed by atoms with van der Waals surface area (Å²) in [5, 5.41) is 5.79. The van der Waals surface area contributed by atoms with E-state index < -0.39 is 28.4 Å². The third-order valence-corrected chi connectivity index (χ3v) is 24.3. The number of anilines is 8. The Balaban J connectivity index is 0.000000223. The Hall–Kier alpha value is -11.1. The molecule has 107 heavy (non-hydrogen) atoms. The molecular formula is C88H111F3N12O2Si2. The number of benzene rings is 11. The maximum Gasteiger partial charge on any atom is 0.417 e. The van der Waals surface area contributed by atoms with E-state index in [1.807, 2.05) is 137 Å². The molecule has 0 saturated carbocycles. The molecule has 19 heteroatoms. The van der Waals surface area contributed by atoms with E-state index in [0.717, 1.165) is 75.3 Å². The van der Waals surface area contributed by atoms with Gasteiger partial charge in [-0.1, -0.05) is 168 Å². The molecule has 1 heterocycles. The van der Waals surface area contributed by atoms with E-state index in [0.29, 0.717) is 5.56 Å². The van der Waals surface area contributed by atoms with Crippen LogP contribution in [0.4, 0.5) is 59.2 Å². The smallest absolute Gasteiger partial charge is 0.417 e. The summed E-state index contributed by atoms with van der Waals surface area (Å²) in [6, 6.07) is 75.6. The average molecular weight is 1480 g/mol. The summed E-state index contributed by atoms with van der Waals surface area (Å²) in [5.74, 6) is 2.06. The quantitative estimate of drug-likeness (QED) is 0.0426. The van der Waals surface area contributed by atoms with Crippen molar-refractivity contribution in [1.29, 1.82) is 0 Å². The second-order valence-corrected chi connectivity index (χ2v) is 36.9. The van der Waals surface area contributed by atoms with Gasteiger partial charge in [-0.25, -0.2) is 5.10 Å². The highest BCUT2D eigenvalue weighted by Gasteiger charge is 2.34. The fourth-order valence-electron chi connectivity index (χ4n) is 10.6. The molecule has 19 N–H and O–H groups in total. The van der Waals surface area contributed by atoms with Gasteiger partial charge in [-0.2, -0.15) is 18.2 Å². The third kappa shape index (κ3) is 30.5. The van der Waals surface area contributed by atoms with Gasteiger partial charge in [0.25, 0.3) is 0 Å². The second-order valence-electron chi connectivity index (χ2n) is 27.9. The summed E-state index contributed by atoms with van der Waals surface area (Å²) in [6.07, 6.45) is -2.70. The number of nitrogens with one attached hydrogen (secondary N) is 1. The van der Waals surface area contributed by atoms with E-state index in [2.05, 4.69) is 181 Å². The number of hydrogen-bond donors (Lipinski definition) is 10. The van der Waals surface area contributed by atoms with Gasteiger partial charge in [0.05, 0.1) is 5.56 Å². The topological polar surface area (TPSA) is 294 Å². The predicted molar refractivity (Wildman–Crippen MR) is 455 cm³/mol. The van der Waals surface area contributed by atoms with Gasteiger partial charge < -0.3 is 60.5 Å². The maximum atomic E-state index is 13.1. The molecule has 0 aliphatic heterocycles. The Morgan fingerprint density at radius 1 is 0.374 bits per heavy atom. The lowest BCUT2D eigenvalue weighted by Gasteiger charge is -2.32. The number of hydrogen-bond acceptors (Lipinski definition) is 13. The first-order chi connectivity index (χ1) is 50.3. The molecule has 1 aromatic heterocycles. The minimum atomic E-state index is -4.41. The molecule has 0 amide bonds. The minimum Gasteiger partial charge on any atom is -0.457 e. The molecule has 0 fully saturated rings. The summed E-state index contributed by atoms with van der Waals surface area (Å²) in [4.78, 5) is 3.50. The molecule has 0 unspecified atom stereocenters. The van der Waals surface area contributed by atoms with Crippen LogP contribution in [0.5, 0.6) is 11.5 Å². The van der Waals surface area contributed by atoms with Crippen molar-refractivity contribution in [3.8, 4) is 44.9 Å². The number of rotatable bonds is 11. The number of aromatic amines is 1. The van der Waals surface area contributed by atoms with Crippen LogP contribution < -0.4 is 56.3 Å². The number of halogens is 3. The number of nitrogens with zero attached hydrogens (tertiary/aromatic N) is 2. The van der Waals surface area contributed by atoms with E-state index in [1.54, 1.807) is 19.1 Å². The van der Waals surface area contributed by atoms with Crippen LogP contribution in [-0.4, -0.2) is 38.0 Å². The number of aryl methyl sites for hydroxylation is 11. The van der Waals surface area contributed by atoms with Crippen molar-refractivity contribution in [1.82, 2.24) is 15.2 Å². The zero-order valence-corrected chi connectivity index (χ0v) is 67.1. The van der Waals surface area contributed by atoms with Crippen LogP contribution >= 0.6 is 0 Å². The van der Waals surface area contributed by atoms with Gasteiger partial charge in [0.2, 0.25) is 11.9 Å². The standard InChI is InChI=1S/C15H14F3N.2C15H17N.C14H15N.C13H13NO.C7H21NOSi2.C7H9N.C2H5N5/c1-9-3-5-12(10(2)7-9)13-6-4-11(19)8-14(13)15(16,17)18;1-10-4-6-14(11(2)8-10)15-7-5-13(16)9-12(15)3;1-10-4-5-13(8-11(10)2)14-6-7-15(16)12(3)9-14;1-11-2-4-12(5-3-11)10-13-6-8-14(15)9-7-13;1-10-2-6-12(7-3-10)15-13-8-4-11(14)5-9-13;1-6-10(2,3)9-11(4,5)7-8;1-6-2-4-7(8)5-3-6;3-1-5-2(4)7-6-1/h3-8H,19H2,1-2H3;2*4-9H,16H2,1-3H3;2-9H,10,15H2,1H3;2-9H,14H2,1H3;6-8H2,1-5H3;2-5H,8H2,1H3;(H5,3,4,5,6,7). The Kier molecular flexibility index (Phi) is 33.1. The van der Waals surface area contributed by atoms with Crippen LogP contribution in [0.25, 0.3) is 33.4 Å². The van der Waals surface area contributed by atoms with Crippen LogP contribution in [-0.2, 0) is 16.7 Å². The lowest BCUT2D eigenvalue weighted by molar-refractivity contribution is -0.137. The zero-order valence-electron chi connectivity index (χ0n) is 65.1. The number of nitrogen functional groups attached to an aromatic ring is 8. The normalized spacial score (nSPS) is 10.7. The van der Waals surface area contributed by atoms with Crippen LogP contribution in [0, 0.1) is 76.2 Å². The van der Waals surface area contributed by atoms with Crippen molar-refractivity contribution < 1.29 is 22.0 Å². The van der Waals surface area contributed by atoms with Gasteiger partial charge in [-0.3, -0.25) is 0 Å². The van der Waals surface area contributed by atoms with Crippen molar-refractivity contribution in [3.05, 3.63) is 308 Å². The monoisotopic (exact) mass is 1480 g/mol. The van der Waals surface area contributed by atoms with Gasteiger partial charge in [-0.05, 0) is 290 Å². The molecule has 12 aromatic rings. The van der Waals surface area contributed by atoms with Gasteiger partial charge in [-0.15, -0.1) is 5.10 Å². The molecule has 12 rings (SSSR count). The van der Waals surface area contributed by atoms with Crippen molar-refractivity contribution in [3.63, 3.8) is 0 Å². The summed E-state index contributed by atoms with van der Waals surface area (Å²) in [6.45, 7) is 33.7. The van der Waals surface area contributed by atoms with Gasteiger partial charge in [0, 0.05) is 40.3 Å². The Bertz CT molecular complexity index is 4390. The number of ether oxygens (including phenoxy) is 1. The zero-order chi connectivity index (χ0) is 79.3. The van der Waals surface area contributed by atoms with Crippen LogP contribution in [0.2, 0.25) is 32.2 Å². The Labute approximate surface area is 635 Å². The molecular weight excluding hydrogens is 1370 g/mol. The Morgan fingerprint density at radius 2 is 0.748 bits per heavy atom. The summed E-state index contributed by atoms with van der Waals surface area (Å²) in [7, 11) is -2.85. The number of alkyl halides is 3. The molecule has 0 bridgehead atoms. The highest BCUT2D eigenvalue weighted by atomic mass is 28.4. The molecule has 14 nitrogen and oxygen atoms in total. The lowest BCUT2D eigenvalue weighted by atomic mass is 9.94. The fraction of sp³-hybridized carbons (Fsp3) is 0.227. The highest BCUT2D eigenvalue weighted by molar-refractivity contribution is 6.84. The van der Waals surface area contributed by atoms with E-state index in [9.17, 15) is 13.2 Å². The molecule has 564 valence electrons. The van der Waals surface area contributed by atoms with E-state index in [-0.39, 0.29) is 23.1 Å². The first-order valence-electron chi connectivity index (χ1n) is 35.4. The summed E-state index contributed by atoms with van der Waals surface area (Å²) >= 11 is 0. The van der Waals surface area contributed by atoms with Gasteiger partial charge in [0.15, 0.2) is 16.6 Å². The molecule has 0 saturated heterocycles. The summed E-state index contributed by atoms with van der Waals surface area (Å²) < 4.78 is 50.9. The second kappa shape index (κ2) is 41.0. The minimum absolute atomic E-state index is 0.112. The SMILES string of the molecule is CC[Si](C)(C)O[Si](C)(C)CN.Cc1ccc(-c2ccc(N)c(C)c2)cc1C.Cc1ccc(-c2ccc(N)cc2C(F)(F)F)c(C)c1.Cc1ccc(-c2ccc(N)cc2C)c(C)c1.Cc1ccc(Cc2ccc(N)cc2)cc1.Cc1ccc(N)cc1.Cc1ccc(Oc2ccc(N)cc2)cc1.Nc1n[nH]c(N)n1. The fourth-order valence-corrected chi connectivity index (χ4v) is 17.5. The first-order valence-corrected chi connectivity index (χ1v) is 41.6. The van der Waals surface area contributed by atoms with Crippen molar-refractivity contribution >= 4 is 62.7 Å². The van der Waals surface area contributed by atoms with Gasteiger partial charge in [0.1, 0.15) is 11.5 Å². The van der Waals surface area contributed by atoms with Crippen LogP contribution in [0.3, 0.4) is 0 Å². The van der Waals surface area contributed by atoms with Gasteiger partial charge >= 0.3 is 6.18 Å². The van der Waals surface area contributed by atoms with Crippen LogP contribution in [0.1, 0.15) is 84.8 Å². The largest absolute Gasteiger partial charge is 0.457 e. The average Bonchev–Trinajstić information content (AvgIpc) is 0.976. The first kappa shape index (κ1) is 86.5. The lowest BCUT2D eigenvalue weighted by Crippen LogP contribution is -2.49. The maximum absolute atomic E-state index is 13.1. The van der Waals surface area contributed by atoms with Crippen molar-refractivity contribution in [2.24, 2.45) is 5.73 Å². The Morgan fingerprint density at radius 3 is 1.15 bits per heavy atom. The molecule has 0 radical (unpaired) electrons. The molecule has 0 atom stereocenters.